The number of hydrogen-bond donors (Lipinski definition) is 1. The van der Waals surface area contributed by atoms with Crippen LogP contribution in [0.4, 0.5) is 0 Å². The summed E-state index contributed by atoms with van der Waals surface area (Å²) < 4.78 is 0. The SMILES string of the molecule is O=C(SC[C@H](SC(=O)c1ccccc1)C(=O)N1CCC[C@H]1C(=O)O)c1ccccc1. The lowest BCUT2D eigenvalue weighted by atomic mass is 10.2. The molecular weight excluding hydrogens is 422 g/mol. The Labute approximate surface area is 183 Å². The minimum atomic E-state index is -1.05. The maximum absolute atomic E-state index is 13.1. The molecule has 1 saturated heterocycles. The van der Waals surface area contributed by atoms with Crippen LogP contribution < -0.4 is 0 Å². The maximum Gasteiger partial charge on any atom is 0.326 e. The van der Waals surface area contributed by atoms with Gasteiger partial charge in [0.25, 0.3) is 0 Å². The molecule has 2 aromatic rings. The topological polar surface area (TPSA) is 91.8 Å². The van der Waals surface area contributed by atoms with Crippen LogP contribution in [0, 0.1) is 0 Å². The lowest BCUT2D eigenvalue weighted by Crippen LogP contribution is -2.45. The number of carboxylic acids is 1. The Kier molecular flexibility index (Phi) is 7.70. The van der Waals surface area contributed by atoms with Crippen LogP contribution in [0.2, 0.25) is 0 Å². The van der Waals surface area contributed by atoms with Gasteiger partial charge in [-0.1, -0.05) is 84.2 Å². The zero-order chi connectivity index (χ0) is 21.5. The van der Waals surface area contributed by atoms with Crippen molar-refractivity contribution >= 4 is 45.6 Å². The summed E-state index contributed by atoms with van der Waals surface area (Å²) >= 11 is 1.81. The zero-order valence-electron chi connectivity index (χ0n) is 16.1. The fraction of sp³-hybridized carbons (Fsp3) is 0.273. The van der Waals surface area contributed by atoms with Crippen LogP contribution in [-0.2, 0) is 9.59 Å². The third-order valence-electron chi connectivity index (χ3n) is 4.73. The highest BCUT2D eigenvalue weighted by molar-refractivity contribution is 8.18. The van der Waals surface area contributed by atoms with Crippen molar-refractivity contribution in [2.75, 3.05) is 12.3 Å². The number of benzene rings is 2. The van der Waals surface area contributed by atoms with Gasteiger partial charge in [-0.15, -0.1) is 0 Å². The van der Waals surface area contributed by atoms with Crippen molar-refractivity contribution < 1.29 is 24.3 Å². The molecule has 0 aliphatic carbocycles. The van der Waals surface area contributed by atoms with E-state index >= 15 is 0 Å². The molecule has 1 fully saturated rings. The number of hydrogen-bond acceptors (Lipinski definition) is 6. The highest BCUT2D eigenvalue weighted by atomic mass is 32.2. The first-order valence-corrected chi connectivity index (χ1v) is 11.4. The Balaban J connectivity index is 1.75. The normalized spacial score (nSPS) is 16.8. The Hall–Kier alpha value is -2.58. The highest BCUT2D eigenvalue weighted by Crippen LogP contribution is 2.28. The van der Waals surface area contributed by atoms with E-state index < -0.39 is 23.2 Å². The van der Waals surface area contributed by atoms with Gasteiger partial charge in [0, 0.05) is 23.4 Å². The first-order chi connectivity index (χ1) is 14.5. The van der Waals surface area contributed by atoms with Crippen LogP contribution in [0.1, 0.15) is 33.6 Å². The molecule has 2 aromatic carbocycles. The molecule has 0 bridgehead atoms. The molecule has 0 spiro atoms. The second-order valence-electron chi connectivity index (χ2n) is 6.75. The number of carbonyl (C=O) groups is 4. The first-order valence-electron chi connectivity index (χ1n) is 9.49. The van der Waals surface area contributed by atoms with Gasteiger partial charge in [-0.3, -0.25) is 14.4 Å². The number of thioether (sulfide) groups is 2. The predicted octanol–water partition coefficient (Wildman–Crippen LogP) is 3.58. The van der Waals surface area contributed by atoms with E-state index in [1.165, 1.54) is 4.90 Å². The van der Waals surface area contributed by atoms with Crippen LogP contribution in [0.15, 0.2) is 60.7 Å². The lowest BCUT2D eigenvalue weighted by Gasteiger charge is -2.26. The number of rotatable bonds is 7. The summed E-state index contributed by atoms with van der Waals surface area (Å²) in [4.78, 5) is 51.1. The summed E-state index contributed by atoms with van der Waals surface area (Å²) in [5.74, 6) is -1.38. The van der Waals surface area contributed by atoms with Gasteiger partial charge in [0.15, 0.2) is 0 Å². The number of likely N-dealkylation sites (tertiary alicyclic amines) is 1. The Morgan fingerprint density at radius 2 is 1.50 bits per heavy atom. The molecule has 0 unspecified atom stereocenters. The number of amides is 1. The van der Waals surface area contributed by atoms with E-state index in [4.69, 9.17) is 0 Å². The molecule has 1 N–H and O–H groups in total. The number of carbonyl (C=O) groups excluding carboxylic acids is 3. The van der Waals surface area contributed by atoms with Gasteiger partial charge >= 0.3 is 5.97 Å². The molecule has 156 valence electrons. The summed E-state index contributed by atoms with van der Waals surface area (Å²) in [6.07, 6.45) is 0.990. The minimum Gasteiger partial charge on any atom is -0.480 e. The van der Waals surface area contributed by atoms with Crippen LogP contribution in [0.5, 0.6) is 0 Å². The second-order valence-corrected chi connectivity index (χ2v) is 8.92. The fourth-order valence-corrected chi connectivity index (χ4v) is 5.20. The monoisotopic (exact) mass is 443 g/mol. The standard InChI is InChI=1S/C22H21NO5S2/c24-19(23-13-7-12-17(23)20(25)26)18(30-22(28)16-10-5-2-6-11-16)14-29-21(27)15-8-3-1-4-9-15/h1-6,8-11,17-18H,7,12-14H2,(H,25,26)/t17-,18-/m0/s1. The van der Waals surface area contributed by atoms with Gasteiger partial charge in [-0.25, -0.2) is 4.79 Å². The molecule has 1 amide bonds. The fourth-order valence-electron chi connectivity index (χ4n) is 3.21. The average Bonchev–Trinajstić information content (AvgIpc) is 3.27. The molecular formula is C22H21NO5S2. The van der Waals surface area contributed by atoms with E-state index in [0.717, 1.165) is 23.5 Å². The third kappa shape index (κ3) is 5.52. The smallest absolute Gasteiger partial charge is 0.326 e. The van der Waals surface area contributed by atoms with Crippen LogP contribution in [-0.4, -0.2) is 55.7 Å². The molecule has 6 nitrogen and oxygen atoms in total. The molecule has 0 aromatic heterocycles. The van der Waals surface area contributed by atoms with Gasteiger partial charge in [0.1, 0.15) is 11.3 Å². The van der Waals surface area contributed by atoms with Gasteiger partial charge in [-0.2, -0.15) is 0 Å². The van der Waals surface area contributed by atoms with Crippen molar-refractivity contribution in [3.63, 3.8) is 0 Å². The van der Waals surface area contributed by atoms with Crippen molar-refractivity contribution in [1.29, 1.82) is 0 Å². The van der Waals surface area contributed by atoms with Crippen molar-refractivity contribution in [3.05, 3.63) is 71.8 Å². The van der Waals surface area contributed by atoms with E-state index in [-0.39, 0.29) is 16.0 Å². The molecule has 30 heavy (non-hydrogen) atoms. The van der Waals surface area contributed by atoms with Gasteiger partial charge in [0.2, 0.25) is 16.1 Å². The number of nitrogens with zero attached hydrogens (tertiary/aromatic N) is 1. The van der Waals surface area contributed by atoms with Crippen LogP contribution >= 0.6 is 23.5 Å². The van der Waals surface area contributed by atoms with Crippen molar-refractivity contribution in [2.45, 2.75) is 24.1 Å². The van der Waals surface area contributed by atoms with Crippen LogP contribution in [0.3, 0.4) is 0 Å². The maximum atomic E-state index is 13.1. The summed E-state index contributed by atoms with van der Waals surface area (Å²) in [6, 6.07) is 16.4. The van der Waals surface area contributed by atoms with E-state index in [1.54, 1.807) is 54.6 Å². The summed E-state index contributed by atoms with van der Waals surface area (Å²) in [5, 5.41) is 8.08. The Bertz CT molecular complexity index is 920. The molecule has 1 aliphatic rings. The van der Waals surface area contributed by atoms with Crippen molar-refractivity contribution in [3.8, 4) is 0 Å². The number of carboxylic acid groups (broad SMARTS) is 1. The molecule has 1 heterocycles. The van der Waals surface area contributed by atoms with Crippen molar-refractivity contribution in [2.24, 2.45) is 0 Å². The Morgan fingerprint density at radius 3 is 2.07 bits per heavy atom. The second kappa shape index (κ2) is 10.4. The quantitative estimate of drug-likeness (QED) is 0.699. The van der Waals surface area contributed by atoms with Gasteiger partial charge in [0.05, 0.1) is 0 Å². The van der Waals surface area contributed by atoms with E-state index in [1.807, 2.05) is 6.07 Å². The van der Waals surface area contributed by atoms with Gasteiger partial charge < -0.3 is 10.0 Å². The Morgan fingerprint density at radius 1 is 0.933 bits per heavy atom. The summed E-state index contributed by atoms with van der Waals surface area (Å²) in [5.41, 5.74) is 0.966. The average molecular weight is 444 g/mol. The molecule has 2 atom stereocenters. The lowest BCUT2D eigenvalue weighted by molar-refractivity contribution is -0.147. The van der Waals surface area contributed by atoms with E-state index in [9.17, 15) is 24.3 Å². The summed E-state index contributed by atoms with van der Waals surface area (Å²) in [7, 11) is 0. The third-order valence-corrected chi connectivity index (χ3v) is 7.04. The van der Waals surface area contributed by atoms with E-state index in [0.29, 0.717) is 30.5 Å². The molecule has 8 heteroatoms. The largest absolute Gasteiger partial charge is 0.480 e. The zero-order valence-corrected chi connectivity index (χ0v) is 17.7. The van der Waals surface area contributed by atoms with Crippen molar-refractivity contribution in [1.82, 2.24) is 4.90 Å². The minimum absolute atomic E-state index is 0.0820. The number of aliphatic carboxylic acids is 1. The predicted molar refractivity (Wildman–Crippen MR) is 118 cm³/mol. The van der Waals surface area contributed by atoms with Crippen LogP contribution in [0.25, 0.3) is 0 Å². The molecule has 0 radical (unpaired) electrons. The highest BCUT2D eigenvalue weighted by Gasteiger charge is 2.38. The molecule has 1 aliphatic heterocycles. The molecule has 0 saturated carbocycles. The first kappa shape index (κ1) is 22.1. The van der Waals surface area contributed by atoms with Gasteiger partial charge in [-0.05, 0) is 12.8 Å². The molecule has 3 rings (SSSR count). The summed E-state index contributed by atoms with van der Waals surface area (Å²) in [6.45, 7) is 0.337. The van der Waals surface area contributed by atoms with E-state index in [2.05, 4.69) is 0 Å².